The van der Waals surface area contributed by atoms with Gasteiger partial charge in [-0.25, -0.2) is 0 Å². The van der Waals surface area contributed by atoms with E-state index in [1.807, 2.05) is 43.3 Å². The molecule has 0 saturated carbocycles. The van der Waals surface area contributed by atoms with Gasteiger partial charge in [-0.3, -0.25) is 4.79 Å². The number of ether oxygens (including phenoxy) is 2. The van der Waals surface area contributed by atoms with Crippen LogP contribution in [0.3, 0.4) is 0 Å². The molecule has 23 heavy (non-hydrogen) atoms. The largest absolute Gasteiger partial charge is 0.454 e. The Balaban J connectivity index is 1.47. The van der Waals surface area contributed by atoms with Crippen LogP contribution >= 0.6 is 11.8 Å². The van der Waals surface area contributed by atoms with Crippen molar-refractivity contribution >= 4 is 17.7 Å². The third-order valence-electron chi connectivity index (χ3n) is 3.62. The van der Waals surface area contributed by atoms with Gasteiger partial charge in [0.15, 0.2) is 11.5 Å². The molecule has 1 atom stereocenters. The summed E-state index contributed by atoms with van der Waals surface area (Å²) >= 11 is 1.64. The number of benzene rings is 2. The Labute approximate surface area is 140 Å². The molecule has 2 aromatic rings. The second-order valence-electron chi connectivity index (χ2n) is 5.34. The maximum absolute atomic E-state index is 12.2. The molecule has 3 rings (SSSR count). The first-order valence-corrected chi connectivity index (χ1v) is 8.59. The molecule has 5 heteroatoms. The Morgan fingerprint density at radius 3 is 2.74 bits per heavy atom. The van der Waals surface area contributed by atoms with Crippen molar-refractivity contribution in [2.24, 2.45) is 0 Å². The van der Waals surface area contributed by atoms with Crippen LogP contribution in [-0.4, -0.2) is 18.0 Å². The number of amides is 1. The van der Waals surface area contributed by atoms with Crippen LogP contribution in [0, 0.1) is 0 Å². The lowest BCUT2D eigenvalue weighted by molar-refractivity contribution is -0.120. The number of fused-ring (bicyclic) bond motifs is 1. The van der Waals surface area contributed by atoms with E-state index >= 15 is 0 Å². The van der Waals surface area contributed by atoms with Gasteiger partial charge in [0.2, 0.25) is 12.7 Å². The number of carbonyl (C=O) groups excluding carboxylic acids is 1. The average Bonchev–Trinajstić information content (AvgIpc) is 3.06. The molecule has 120 valence electrons. The summed E-state index contributed by atoms with van der Waals surface area (Å²) in [5, 5.41) is 2.88. The minimum absolute atomic E-state index is 0.0450. The zero-order chi connectivity index (χ0) is 16.1. The van der Waals surface area contributed by atoms with Crippen molar-refractivity contribution in [1.29, 1.82) is 0 Å². The fraction of sp³-hybridized carbons (Fsp3) is 0.278. The Morgan fingerprint density at radius 1 is 1.13 bits per heavy atom. The lowest BCUT2D eigenvalue weighted by Gasteiger charge is -2.12. The Morgan fingerprint density at radius 2 is 1.91 bits per heavy atom. The van der Waals surface area contributed by atoms with Crippen molar-refractivity contribution in [2.45, 2.75) is 24.5 Å². The fourth-order valence-corrected chi connectivity index (χ4v) is 3.12. The van der Waals surface area contributed by atoms with Crippen LogP contribution in [0.25, 0.3) is 0 Å². The minimum atomic E-state index is -0.0933. The summed E-state index contributed by atoms with van der Waals surface area (Å²) < 4.78 is 10.6. The number of rotatable bonds is 6. The number of hydrogen-bond acceptors (Lipinski definition) is 4. The van der Waals surface area contributed by atoms with Crippen molar-refractivity contribution in [3.63, 3.8) is 0 Å². The van der Waals surface area contributed by atoms with Crippen LogP contribution in [0.1, 0.15) is 18.1 Å². The average molecular weight is 329 g/mol. The van der Waals surface area contributed by atoms with Crippen LogP contribution in [0.5, 0.6) is 11.5 Å². The van der Waals surface area contributed by atoms with E-state index in [1.165, 1.54) is 5.56 Å². The topological polar surface area (TPSA) is 47.6 Å². The predicted octanol–water partition coefficient (Wildman–Crippen LogP) is 3.35. The highest BCUT2D eigenvalue weighted by Crippen LogP contribution is 2.32. The summed E-state index contributed by atoms with van der Waals surface area (Å²) in [6, 6.07) is 15.9. The molecular formula is C18H19NO3S. The number of nitrogens with one attached hydrogen (secondary N) is 1. The van der Waals surface area contributed by atoms with Gasteiger partial charge >= 0.3 is 0 Å². The molecule has 4 nitrogen and oxygen atoms in total. The van der Waals surface area contributed by atoms with Crippen molar-refractivity contribution in [2.75, 3.05) is 6.79 Å². The van der Waals surface area contributed by atoms with Crippen molar-refractivity contribution in [3.05, 3.63) is 59.7 Å². The smallest absolute Gasteiger partial charge is 0.233 e. The van der Waals surface area contributed by atoms with Gasteiger partial charge in [0.05, 0.1) is 5.25 Å². The van der Waals surface area contributed by atoms with Crippen molar-refractivity contribution in [3.8, 4) is 11.5 Å². The van der Waals surface area contributed by atoms with E-state index < -0.39 is 0 Å². The predicted molar refractivity (Wildman–Crippen MR) is 91.6 cm³/mol. The van der Waals surface area contributed by atoms with Crippen LogP contribution in [0.2, 0.25) is 0 Å². The van der Waals surface area contributed by atoms with Gasteiger partial charge in [-0.1, -0.05) is 36.4 Å². The number of thioether (sulfide) groups is 1. The molecule has 2 aromatic carbocycles. The zero-order valence-electron chi connectivity index (χ0n) is 13.0. The van der Waals surface area contributed by atoms with E-state index in [9.17, 15) is 4.79 Å². The first-order chi connectivity index (χ1) is 11.2. The molecule has 1 amide bonds. The lowest BCUT2D eigenvalue weighted by Crippen LogP contribution is -2.30. The molecule has 1 heterocycles. The summed E-state index contributed by atoms with van der Waals surface area (Å²) in [4.78, 5) is 12.2. The molecule has 0 fully saturated rings. The summed E-state index contributed by atoms with van der Waals surface area (Å²) in [6.45, 7) is 2.69. The van der Waals surface area contributed by atoms with Crippen LogP contribution in [-0.2, 0) is 17.1 Å². The number of carbonyl (C=O) groups is 1. The summed E-state index contributed by atoms with van der Waals surface area (Å²) in [6.07, 6.45) is 0. The van der Waals surface area contributed by atoms with E-state index in [2.05, 4.69) is 17.4 Å². The van der Waals surface area contributed by atoms with Gasteiger partial charge in [-0.2, -0.15) is 0 Å². The van der Waals surface area contributed by atoms with Gasteiger partial charge in [-0.05, 0) is 30.2 Å². The number of hydrogen-bond donors (Lipinski definition) is 1. The molecule has 0 saturated heterocycles. The maximum Gasteiger partial charge on any atom is 0.233 e. The molecule has 1 aliphatic heterocycles. The molecule has 1 aliphatic rings. The molecular weight excluding hydrogens is 310 g/mol. The monoisotopic (exact) mass is 329 g/mol. The van der Waals surface area contributed by atoms with Gasteiger partial charge in [-0.15, -0.1) is 11.8 Å². The highest BCUT2D eigenvalue weighted by molar-refractivity contribution is 7.99. The van der Waals surface area contributed by atoms with Gasteiger partial charge in [0.25, 0.3) is 0 Å². The van der Waals surface area contributed by atoms with E-state index in [4.69, 9.17) is 9.47 Å². The molecule has 1 N–H and O–H groups in total. The van der Waals surface area contributed by atoms with E-state index in [1.54, 1.807) is 11.8 Å². The fourth-order valence-electron chi connectivity index (χ4n) is 2.25. The second kappa shape index (κ2) is 7.42. The molecule has 0 spiro atoms. The Bertz CT molecular complexity index is 675. The maximum atomic E-state index is 12.2. The first-order valence-electron chi connectivity index (χ1n) is 7.54. The molecule has 0 bridgehead atoms. The third-order valence-corrected chi connectivity index (χ3v) is 4.83. The van der Waals surface area contributed by atoms with Crippen LogP contribution < -0.4 is 14.8 Å². The van der Waals surface area contributed by atoms with Crippen molar-refractivity contribution < 1.29 is 14.3 Å². The van der Waals surface area contributed by atoms with Gasteiger partial charge in [0, 0.05) is 12.3 Å². The quantitative estimate of drug-likeness (QED) is 0.883. The minimum Gasteiger partial charge on any atom is -0.454 e. The molecule has 0 unspecified atom stereocenters. The second-order valence-corrected chi connectivity index (χ2v) is 6.67. The van der Waals surface area contributed by atoms with Crippen LogP contribution in [0.4, 0.5) is 0 Å². The van der Waals surface area contributed by atoms with E-state index in [0.717, 1.165) is 22.8 Å². The van der Waals surface area contributed by atoms with Crippen LogP contribution in [0.15, 0.2) is 48.5 Å². The lowest BCUT2D eigenvalue weighted by atomic mass is 10.2. The standard InChI is InChI=1S/C18H19NO3S/c1-13(23-11-14-5-3-2-4-6-14)18(20)19-10-15-7-8-16-17(9-15)22-12-21-16/h2-9,13H,10-12H2,1H3,(H,19,20)/t13-/m1/s1. The summed E-state index contributed by atoms with van der Waals surface area (Å²) in [7, 11) is 0. The first kappa shape index (κ1) is 15.7. The van der Waals surface area contributed by atoms with E-state index in [-0.39, 0.29) is 18.0 Å². The van der Waals surface area contributed by atoms with Crippen molar-refractivity contribution in [1.82, 2.24) is 5.32 Å². The Hall–Kier alpha value is -2.14. The summed E-state index contributed by atoms with van der Waals surface area (Å²) in [5.41, 5.74) is 2.23. The van der Waals surface area contributed by atoms with Gasteiger partial charge < -0.3 is 14.8 Å². The summed E-state index contributed by atoms with van der Waals surface area (Å²) in [5.74, 6) is 2.37. The zero-order valence-corrected chi connectivity index (χ0v) is 13.8. The molecule has 0 radical (unpaired) electrons. The normalized spacial score (nSPS) is 13.6. The highest BCUT2D eigenvalue weighted by Gasteiger charge is 2.15. The molecule has 0 aromatic heterocycles. The Kier molecular flexibility index (Phi) is 5.08. The molecule has 0 aliphatic carbocycles. The SMILES string of the molecule is C[C@@H](SCc1ccccc1)C(=O)NCc1ccc2c(c1)OCO2. The third kappa shape index (κ3) is 4.20. The highest BCUT2D eigenvalue weighted by atomic mass is 32.2. The van der Waals surface area contributed by atoms with E-state index in [0.29, 0.717) is 6.54 Å². The van der Waals surface area contributed by atoms with Gasteiger partial charge in [0.1, 0.15) is 0 Å².